The quantitative estimate of drug-likeness (QED) is 0.817. The van der Waals surface area contributed by atoms with Crippen LogP contribution < -0.4 is 5.32 Å². The molecule has 0 aromatic heterocycles. The second kappa shape index (κ2) is 4.56. The largest absolute Gasteiger partial charge is 0.344 e. The normalized spacial score (nSPS) is 29.4. The average molecular weight is 250 g/mol. The summed E-state index contributed by atoms with van der Waals surface area (Å²) >= 11 is 0. The lowest BCUT2D eigenvalue weighted by atomic mass is 10.0. The zero-order valence-corrected chi connectivity index (χ0v) is 11.0. The van der Waals surface area contributed by atoms with Gasteiger partial charge in [-0.2, -0.15) is 0 Å². The summed E-state index contributed by atoms with van der Waals surface area (Å²) in [6, 6.07) is 0.138. The third-order valence-electron chi connectivity index (χ3n) is 4.47. The summed E-state index contributed by atoms with van der Waals surface area (Å²) in [5, 5.41) is 2.85. The molecule has 100 valence electrons. The summed E-state index contributed by atoms with van der Waals surface area (Å²) in [6.07, 6.45) is 6.24. The fraction of sp³-hybridized carbons (Fsp3) is 0.857. The molecule has 2 aliphatic carbocycles. The zero-order valence-electron chi connectivity index (χ0n) is 11.0. The molecule has 1 saturated heterocycles. The maximum Gasteiger partial charge on any atom is 0.245 e. The van der Waals surface area contributed by atoms with Crippen molar-refractivity contribution in [2.24, 2.45) is 11.8 Å². The van der Waals surface area contributed by atoms with Gasteiger partial charge in [-0.3, -0.25) is 9.59 Å². The van der Waals surface area contributed by atoms with Crippen LogP contribution in [0.25, 0.3) is 0 Å². The zero-order chi connectivity index (χ0) is 12.7. The van der Waals surface area contributed by atoms with Crippen molar-refractivity contribution in [3.63, 3.8) is 0 Å². The minimum absolute atomic E-state index is 0.0306. The van der Waals surface area contributed by atoms with E-state index in [0.29, 0.717) is 37.3 Å². The summed E-state index contributed by atoms with van der Waals surface area (Å²) in [5.41, 5.74) is 0. The van der Waals surface area contributed by atoms with Crippen molar-refractivity contribution in [3.8, 4) is 0 Å². The van der Waals surface area contributed by atoms with Gasteiger partial charge in [0, 0.05) is 19.0 Å². The summed E-state index contributed by atoms with van der Waals surface area (Å²) < 4.78 is 0. The third-order valence-corrected chi connectivity index (χ3v) is 4.47. The molecular formula is C14H22N2O2. The molecule has 2 saturated carbocycles. The van der Waals surface area contributed by atoms with Crippen LogP contribution in [0.15, 0.2) is 0 Å². The number of carbonyl (C=O) groups excluding carboxylic acids is 2. The molecule has 1 atom stereocenters. The van der Waals surface area contributed by atoms with Crippen molar-refractivity contribution in [2.45, 2.75) is 57.5 Å². The van der Waals surface area contributed by atoms with Crippen molar-refractivity contribution in [2.75, 3.05) is 6.54 Å². The maximum atomic E-state index is 12.5. The molecule has 3 fully saturated rings. The number of nitrogens with zero attached hydrogens (tertiary/aromatic N) is 1. The second-order valence-corrected chi connectivity index (χ2v) is 5.98. The van der Waals surface area contributed by atoms with Crippen molar-refractivity contribution in [1.82, 2.24) is 10.2 Å². The molecule has 0 radical (unpaired) electrons. The van der Waals surface area contributed by atoms with Crippen LogP contribution in [0.2, 0.25) is 0 Å². The van der Waals surface area contributed by atoms with Crippen molar-refractivity contribution in [1.29, 1.82) is 0 Å². The minimum Gasteiger partial charge on any atom is -0.344 e. The Labute approximate surface area is 108 Å². The third kappa shape index (κ3) is 2.25. The number of carbonyl (C=O) groups is 2. The highest BCUT2D eigenvalue weighted by Gasteiger charge is 2.47. The van der Waals surface area contributed by atoms with E-state index in [1.807, 2.05) is 11.8 Å². The number of hydrogen-bond donors (Lipinski definition) is 1. The van der Waals surface area contributed by atoms with Gasteiger partial charge in [0.2, 0.25) is 11.8 Å². The van der Waals surface area contributed by atoms with E-state index < -0.39 is 0 Å². The Morgan fingerprint density at radius 1 is 1.22 bits per heavy atom. The van der Waals surface area contributed by atoms with Gasteiger partial charge in [-0.1, -0.05) is 6.92 Å². The van der Waals surface area contributed by atoms with E-state index in [0.717, 1.165) is 0 Å². The summed E-state index contributed by atoms with van der Waals surface area (Å²) in [5.74, 6) is 1.62. The first-order valence-corrected chi connectivity index (χ1v) is 7.30. The van der Waals surface area contributed by atoms with E-state index in [4.69, 9.17) is 0 Å². The summed E-state index contributed by atoms with van der Waals surface area (Å²) in [6.45, 7) is 2.59. The van der Waals surface area contributed by atoms with Gasteiger partial charge in [0.15, 0.2) is 0 Å². The molecule has 0 aromatic carbocycles. The first kappa shape index (κ1) is 12.0. The first-order valence-electron chi connectivity index (χ1n) is 7.30. The van der Waals surface area contributed by atoms with Gasteiger partial charge < -0.3 is 10.2 Å². The van der Waals surface area contributed by atoms with Crippen molar-refractivity contribution < 1.29 is 9.59 Å². The van der Waals surface area contributed by atoms with E-state index in [-0.39, 0.29) is 17.9 Å². The Bertz CT molecular complexity index is 349. The van der Waals surface area contributed by atoms with Crippen molar-refractivity contribution >= 4 is 11.8 Å². The van der Waals surface area contributed by atoms with Crippen LogP contribution in [-0.2, 0) is 9.59 Å². The number of rotatable bonds is 4. The minimum atomic E-state index is -0.292. The van der Waals surface area contributed by atoms with E-state index in [1.165, 1.54) is 25.7 Å². The number of nitrogens with one attached hydrogen (secondary N) is 1. The Morgan fingerprint density at radius 2 is 1.83 bits per heavy atom. The lowest BCUT2D eigenvalue weighted by Crippen LogP contribution is -2.49. The lowest BCUT2D eigenvalue weighted by Gasteiger charge is -2.32. The highest BCUT2D eigenvalue weighted by molar-refractivity contribution is 5.90. The van der Waals surface area contributed by atoms with E-state index in [9.17, 15) is 9.59 Å². The van der Waals surface area contributed by atoms with Gasteiger partial charge in [0.1, 0.15) is 6.04 Å². The van der Waals surface area contributed by atoms with Crippen LogP contribution in [0.3, 0.4) is 0 Å². The summed E-state index contributed by atoms with van der Waals surface area (Å²) in [7, 11) is 0. The van der Waals surface area contributed by atoms with Crippen LogP contribution in [0.1, 0.15) is 45.4 Å². The molecule has 2 amide bonds. The van der Waals surface area contributed by atoms with E-state index in [2.05, 4.69) is 5.32 Å². The molecule has 3 aliphatic rings. The van der Waals surface area contributed by atoms with E-state index in [1.54, 1.807) is 0 Å². The SMILES string of the molecule is CCC1NC(=O)CCN(C(C2CC2)C2CC2)C1=O. The standard InChI is InChI=1S/C14H22N2O2/c1-2-11-14(18)16(8-7-12(17)15-11)13(9-3-4-9)10-5-6-10/h9-11,13H,2-8H2,1H3,(H,15,17). The second-order valence-electron chi connectivity index (χ2n) is 5.98. The molecule has 0 aromatic rings. The molecule has 0 bridgehead atoms. The molecule has 3 rings (SSSR count). The molecule has 4 nitrogen and oxygen atoms in total. The molecule has 1 heterocycles. The number of amides is 2. The van der Waals surface area contributed by atoms with Gasteiger partial charge >= 0.3 is 0 Å². The fourth-order valence-electron chi connectivity index (χ4n) is 3.20. The predicted octanol–water partition coefficient (Wildman–Crippen LogP) is 1.30. The van der Waals surface area contributed by atoms with Crippen LogP contribution in [-0.4, -0.2) is 35.3 Å². The highest BCUT2D eigenvalue weighted by atomic mass is 16.2. The lowest BCUT2D eigenvalue weighted by molar-refractivity contribution is -0.136. The van der Waals surface area contributed by atoms with Crippen LogP contribution in [0.5, 0.6) is 0 Å². The average Bonchev–Trinajstić information content (AvgIpc) is 3.21. The monoisotopic (exact) mass is 250 g/mol. The Morgan fingerprint density at radius 3 is 2.33 bits per heavy atom. The fourth-order valence-corrected chi connectivity index (χ4v) is 3.20. The van der Waals surface area contributed by atoms with E-state index >= 15 is 0 Å². The topological polar surface area (TPSA) is 49.4 Å². The molecular weight excluding hydrogens is 228 g/mol. The molecule has 4 heteroatoms. The van der Waals surface area contributed by atoms with Gasteiger partial charge in [-0.05, 0) is 43.9 Å². The van der Waals surface area contributed by atoms with Crippen LogP contribution in [0.4, 0.5) is 0 Å². The first-order chi connectivity index (χ1) is 8.70. The number of hydrogen-bond acceptors (Lipinski definition) is 2. The Balaban J connectivity index is 1.79. The predicted molar refractivity (Wildman–Crippen MR) is 67.8 cm³/mol. The van der Waals surface area contributed by atoms with Crippen molar-refractivity contribution in [3.05, 3.63) is 0 Å². The maximum absolute atomic E-state index is 12.5. The van der Waals surface area contributed by atoms with Crippen LogP contribution in [0, 0.1) is 11.8 Å². The van der Waals surface area contributed by atoms with Gasteiger partial charge in [-0.15, -0.1) is 0 Å². The molecule has 0 spiro atoms. The highest BCUT2D eigenvalue weighted by Crippen LogP contribution is 2.47. The van der Waals surface area contributed by atoms with Crippen LogP contribution >= 0.6 is 0 Å². The Hall–Kier alpha value is -1.06. The Kier molecular flexibility index (Phi) is 3.04. The summed E-state index contributed by atoms with van der Waals surface area (Å²) in [4.78, 5) is 26.2. The molecule has 1 N–H and O–H groups in total. The van der Waals surface area contributed by atoms with Gasteiger partial charge in [-0.25, -0.2) is 0 Å². The molecule has 1 unspecified atom stereocenters. The van der Waals surface area contributed by atoms with Gasteiger partial charge in [0.05, 0.1) is 0 Å². The molecule has 1 aliphatic heterocycles. The molecule has 18 heavy (non-hydrogen) atoms. The van der Waals surface area contributed by atoms with Gasteiger partial charge in [0.25, 0.3) is 0 Å². The smallest absolute Gasteiger partial charge is 0.245 e.